The zero-order valence-electron chi connectivity index (χ0n) is 7.34. The Morgan fingerprint density at radius 3 is 1.67 bits per heavy atom. The normalized spacial score (nSPS) is 15.3. The Balaban J connectivity index is 0.000000261. The average molecular weight is 305 g/mol. The number of halogens is 3. The Kier molecular flexibility index (Phi) is 7.34. The summed E-state index contributed by atoms with van der Waals surface area (Å²) in [6.45, 7) is 6.41. The minimum atomic E-state index is -2.13. The minimum absolute atomic E-state index is 1.14. The fourth-order valence-corrected chi connectivity index (χ4v) is 1.00. The van der Waals surface area contributed by atoms with Crippen molar-refractivity contribution in [1.29, 1.82) is 0 Å². The van der Waals surface area contributed by atoms with Crippen molar-refractivity contribution in [2.24, 2.45) is 0 Å². The van der Waals surface area contributed by atoms with Crippen molar-refractivity contribution in [2.75, 3.05) is 0 Å². The monoisotopic (exact) mass is 302 g/mol. The Bertz CT molecular complexity index is 204. The number of allylic oxidation sites excluding steroid dienone is 4. The molecule has 0 unspecified atom stereocenters. The molecule has 0 aromatic carbocycles. The van der Waals surface area contributed by atoms with Gasteiger partial charge in [0.15, 0.2) is 0 Å². The van der Waals surface area contributed by atoms with Gasteiger partial charge in [-0.2, -0.15) is 5.57 Å². The second kappa shape index (κ2) is 6.65. The van der Waals surface area contributed by atoms with E-state index in [1.807, 2.05) is 0 Å². The summed E-state index contributed by atoms with van der Waals surface area (Å²) in [7, 11) is 15.0. The van der Waals surface area contributed by atoms with Gasteiger partial charge in [0.1, 0.15) is 0 Å². The zero-order chi connectivity index (χ0) is 9.72. The van der Waals surface area contributed by atoms with Gasteiger partial charge in [-0.05, 0) is 0 Å². The van der Waals surface area contributed by atoms with E-state index >= 15 is 0 Å². The van der Waals surface area contributed by atoms with Crippen molar-refractivity contribution >= 4 is 25.5 Å². The summed E-state index contributed by atoms with van der Waals surface area (Å²) in [5.74, 6) is 0. The van der Waals surface area contributed by atoms with Crippen LogP contribution in [-0.4, -0.2) is 0 Å². The summed E-state index contributed by atoms with van der Waals surface area (Å²) in [6.07, 6.45) is 4.41. The van der Waals surface area contributed by atoms with Gasteiger partial charge >= 0.3 is 43.7 Å². The fraction of sp³-hybridized carbons (Fsp3) is 0.500. The predicted molar refractivity (Wildman–Crippen MR) is 53.0 cm³/mol. The van der Waals surface area contributed by atoms with Crippen molar-refractivity contribution in [3.05, 3.63) is 22.8 Å². The number of hydrogen-bond acceptors (Lipinski definition) is 0. The van der Waals surface area contributed by atoms with Crippen LogP contribution in [0.1, 0.15) is 27.2 Å². The van der Waals surface area contributed by atoms with E-state index in [4.69, 9.17) is 25.5 Å². The molecule has 0 nitrogen and oxygen atoms in total. The van der Waals surface area contributed by atoms with E-state index in [9.17, 15) is 0 Å². The summed E-state index contributed by atoms with van der Waals surface area (Å²) in [5.41, 5.74) is 4.19. The molecule has 0 aliphatic heterocycles. The van der Waals surface area contributed by atoms with Gasteiger partial charge in [0.05, 0.1) is 0 Å². The molecule has 0 aromatic rings. The molecule has 0 spiro atoms. The van der Waals surface area contributed by atoms with Crippen molar-refractivity contribution < 1.29 is 18.2 Å². The van der Waals surface area contributed by atoms with Gasteiger partial charge < -0.3 is 0 Å². The standard InChI is InChI=1S/C8H11.3ClH.Zr/c1-6-4-7(2)8(3)5-6;;;;/h4H2,1-3H3;3*1H;/q-1;;;;+3/p-3. The van der Waals surface area contributed by atoms with Crippen LogP contribution in [0.4, 0.5) is 0 Å². The molecule has 0 saturated heterocycles. The van der Waals surface area contributed by atoms with Crippen LogP contribution in [0.25, 0.3) is 0 Å². The van der Waals surface area contributed by atoms with E-state index in [1.54, 1.807) is 0 Å². The van der Waals surface area contributed by atoms with Crippen LogP contribution >= 0.6 is 25.5 Å². The first-order valence-corrected chi connectivity index (χ1v) is 13.0. The molecule has 69 valence electrons. The van der Waals surface area contributed by atoms with Gasteiger partial charge in [-0.3, -0.25) is 0 Å². The summed E-state index contributed by atoms with van der Waals surface area (Å²) >= 11 is -2.13. The van der Waals surface area contributed by atoms with Gasteiger partial charge in [-0.15, -0.1) is 6.92 Å². The maximum absolute atomic E-state index is 5.00. The van der Waals surface area contributed by atoms with Gasteiger partial charge in [0.25, 0.3) is 0 Å². The van der Waals surface area contributed by atoms with Crippen LogP contribution in [-0.2, 0) is 18.2 Å². The molecule has 0 heterocycles. The zero-order valence-corrected chi connectivity index (χ0v) is 12.1. The van der Waals surface area contributed by atoms with Crippen LogP contribution in [0.15, 0.2) is 16.7 Å². The van der Waals surface area contributed by atoms with E-state index in [1.165, 1.54) is 16.7 Å². The van der Waals surface area contributed by atoms with E-state index < -0.39 is 18.2 Å². The topological polar surface area (TPSA) is 0 Å². The van der Waals surface area contributed by atoms with Crippen LogP contribution in [0, 0.1) is 6.08 Å². The quantitative estimate of drug-likeness (QED) is 0.576. The van der Waals surface area contributed by atoms with Crippen LogP contribution < -0.4 is 0 Å². The van der Waals surface area contributed by atoms with Crippen LogP contribution in [0.2, 0.25) is 0 Å². The molecule has 0 saturated carbocycles. The van der Waals surface area contributed by atoms with E-state index in [2.05, 4.69) is 26.8 Å². The fourth-order valence-electron chi connectivity index (χ4n) is 1.00. The summed E-state index contributed by atoms with van der Waals surface area (Å²) in [6, 6.07) is 0. The number of rotatable bonds is 0. The van der Waals surface area contributed by atoms with Gasteiger partial charge in [0.2, 0.25) is 0 Å². The molecule has 12 heavy (non-hydrogen) atoms. The van der Waals surface area contributed by atoms with Crippen LogP contribution in [0.5, 0.6) is 0 Å². The molecular formula is C8H11Cl3Zr-. The van der Waals surface area contributed by atoms with Gasteiger partial charge in [-0.25, -0.2) is 17.2 Å². The molecule has 1 aliphatic rings. The van der Waals surface area contributed by atoms with E-state index in [0.29, 0.717) is 0 Å². The molecule has 0 N–H and O–H groups in total. The summed E-state index contributed by atoms with van der Waals surface area (Å²) < 4.78 is 0. The third-order valence-corrected chi connectivity index (χ3v) is 1.57. The van der Waals surface area contributed by atoms with Crippen molar-refractivity contribution in [3.63, 3.8) is 0 Å². The molecule has 0 atom stereocenters. The molecule has 1 aliphatic carbocycles. The molecule has 4 heteroatoms. The summed E-state index contributed by atoms with van der Waals surface area (Å²) in [4.78, 5) is 0. The van der Waals surface area contributed by atoms with E-state index in [-0.39, 0.29) is 0 Å². The molecule has 0 radical (unpaired) electrons. The molecule has 0 aromatic heterocycles. The Morgan fingerprint density at radius 2 is 1.58 bits per heavy atom. The second-order valence-electron chi connectivity index (χ2n) is 2.70. The Hall–Kier alpha value is 1.23. The molecular weight excluding hydrogens is 294 g/mol. The van der Waals surface area contributed by atoms with Crippen molar-refractivity contribution in [1.82, 2.24) is 0 Å². The maximum atomic E-state index is 5.00. The SMILES string of the molecule is CC1=[C-]C(C)=C(C)C1.[Cl][Zr]([Cl])[Cl]. The first kappa shape index (κ1) is 13.2. The van der Waals surface area contributed by atoms with Crippen molar-refractivity contribution in [3.8, 4) is 0 Å². The second-order valence-corrected chi connectivity index (χ2v) is 13.9. The molecule has 0 amide bonds. The summed E-state index contributed by atoms with van der Waals surface area (Å²) in [5, 5.41) is 0. The van der Waals surface area contributed by atoms with E-state index in [0.717, 1.165) is 6.42 Å². The predicted octanol–water partition coefficient (Wildman–Crippen LogP) is 4.54. The first-order chi connectivity index (χ1) is 5.43. The third-order valence-electron chi connectivity index (χ3n) is 1.57. The van der Waals surface area contributed by atoms with Crippen LogP contribution in [0.3, 0.4) is 0 Å². The molecule has 1 rings (SSSR count). The Labute approximate surface area is 92.9 Å². The number of hydrogen-bond donors (Lipinski definition) is 0. The van der Waals surface area contributed by atoms with Crippen molar-refractivity contribution in [2.45, 2.75) is 27.2 Å². The Morgan fingerprint density at radius 1 is 1.17 bits per heavy atom. The van der Waals surface area contributed by atoms with Gasteiger partial charge in [-0.1, -0.05) is 20.3 Å². The molecule has 0 bridgehead atoms. The first-order valence-electron chi connectivity index (χ1n) is 3.52. The third kappa shape index (κ3) is 6.72. The van der Waals surface area contributed by atoms with Gasteiger partial charge in [0, 0.05) is 0 Å². The molecule has 0 fully saturated rings. The average Bonchev–Trinajstić information content (AvgIpc) is 2.08.